The van der Waals surface area contributed by atoms with Gasteiger partial charge in [-0.2, -0.15) is 13.2 Å². The van der Waals surface area contributed by atoms with Gasteiger partial charge < -0.3 is 15.2 Å². The van der Waals surface area contributed by atoms with Gasteiger partial charge in [-0.15, -0.1) is 0 Å². The van der Waals surface area contributed by atoms with E-state index in [2.05, 4.69) is 10.3 Å². The Balaban J connectivity index is 1.23. The molecule has 238 valence electrons. The molecular formula is C35H32F3N3O5. The summed E-state index contributed by atoms with van der Waals surface area (Å²) in [5.74, 6) is -0.0765. The van der Waals surface area contributed by atoms with Crippen LogP contribution in [0.1, 0.15) is 69.8 Å². The number of methoxy groups -OCH3 is 1. The van der Waals surface area contributed by atoms with Crippen LogP contribution in [0.5, 0.6) is 0 Å². The number of pyridine rings is 2. The monoisotopic (exact) mass is 631 g/mol. The topological polar surface area (TPSA) is 111 Å². The summed E-state index contributed by atoms with van der Waals surface area (Å²) in [6.07, 6.45) is -0.506. The van der Waals surface area contributed by atoms with Crippen molar-refractivity contribution in [2.24, 2.45) is 17.8 Å². The van der Waals surface area contributed by atoms with Crippen molar-refractivity contribution in [3.63, 3.8) is 0 Å². The minimum absolute atomic E-state index is 0.0205. The van der Waals surface area contributed by atoms with Crippen LogP contribution in [0.4, 0.5) is 13.2 Å². The highest BCUT2D eigenvalue weighted by atomic mass is 19.4. The molecule has 8 nitrogen and oxygen atoms in total. The van der Waals surface area contributed by atoms with Gasteiger partial charge in [0.15, 0.2) is 5.43 Å². The SMILES string of the molecule is COC(=O)c1c(Cc2ccc(C(=O)N[C@@H]3[C@@H]4C[C@@H]5C[C@H]3C[C@@](O)(C5)C4)cc2)c(=O)c2ccc(C(F)(F)F)nc2n1-c1ccccc1. The number of esters is 1. The second-order valence-electron chi connectivity index (χ2n) is 13.0. The number of amides is 1. The first-order valence-electron chi connectivity index (χ1n) is 15.4. The Bertz CT molecular complexity index is 1890. The minimum atomic E-state index is -4.78. The number of ether oxygens (including phenoxy) is 1. The van der Waals surface area contributed by atoms with Gasteiger partial charge in [-0.3, -0.25) is 14.2 Å². The molecule has 0 aliphatic heterocycles. The maximum atomic E-state index is 13.8. The lowest BCUT2D eigenvalue weighted by Gasteiger charge is -2.58. The number of hydrogen-bond donors (Lipinski definition) is 2. The third-order valence-corrected chi connectivity index (χ3v) is 9.93. The number of para-hydroxylation sites is 1. The lowest BCUT2D eigenvalue weighted by molar-refractivity contribution is -0.141. The molecule has 0 spiro atoms. The molecule has 4 bridgehead atoms. The molecule has 5 atom stereocenters. The van der Waals surface area contributed by atoms with E-state index in [0.717, 1.165) is 38.5 Å². The molecule has 2 aromatic carbocycles. The number of nitrogens with one attached hydrogen (secondary N) is 1. The summed E-state index contributed by atoms with van der Waals surface area (Å²) in [5.41, 5.74) is -1.61. The molecule has 2 N–H and O–H groups in total. The number of rotatable bonds is 6. The first-order chi connectivity index (χ1) is 21.9. The van der Waals surface area contributed by atoms with Crippen LogP contribution in [0.3, 0.4) is 0 Å². The number of carbonyl (C=O) groups is 2. The highest BCUT2D eigenvalue weighted by Gasteiger charge is 2.55. The van der Waals surface area contributed by atoms with E-state index >= 15 is 0 Å². The highest BCUT2D eigenvalue weighted by Crippen LogP contribution is 2.55. The molecule has 0 saturated heterocycles. The molecule has 46 heavy (non-hydrogen) atoms. The zero-order valence-corrected chi connectivity index (χ0v) is 25.0. The molecular weight excluding hydrogens is 599 g/mol. The van der Waals surface area contributed by atoms with Gasteiger partial charge in [0.25, 0.3) is 5.91 Å². The number of aliphatic hydroxyl groups is 1. The van der Waals surface area contributed by atoms with E-state index in [1.165, 1.54) is 4.57 Å². The molecule has 1 amide bonds. The van der Waals surface area contributed by atoms with Crippen molar-refractivity contribution in [3.05, 3.63) is 105 Å². The summed E-state index contributed by atoms with van der Waals surface area (Å²) in [7, 11) is 1.13. The predicted octanol–water partition coefficient (Wildman–Crippen LogP) is 5.45. The normalized spacial score (nSPS) is 25.1. The molecule has 4 aliphatic rings. The maximum absolute atomic E-state index is 13.8. The van der Waals surface area contributed by atoms with Crippen molar-refractivity contribution in [1.29, 1.82) is 0 Å². The van der Waals surface area contributed by atoms with Gasteiger partial charge >= 0.3 is 12.1 Å². The largest absolute Gasteiger partial charge is 0.464 e. The lowest BCUT2D eigenvalue weighted by atomic mass is 9.52. The van der Waals surface area contributed by atoms with Crippen molar-refractivity contribution in [1.82, 2.24) is 14.9 Å². The van der Waals surface area contributed by atoms with Gasteiger partial charge in [-0.25, -0.2) is 9.78 Å². The molecule has 4 aromatic rings. The average molecular weight is 632 g/mol. The number of benzene rings is 2. The summed E-state index contributed by atoms with van der Waals surface area (Å²) in [6.45, 7) is 0. The van der Waals surface area contributed by atoms with Gasteiger partial charge in [-0.1, -0.05) is 30.3 Å². The van der Waals surface area contributed by atoms with Crippen LogP contribution >= 0.6 is 0 Å². The summed E-state index contributed by atoms with van der Waals surface area (Å²) in [4.78, 5) is 44.2. The number of carbonyl (C=O) groups excluding carboxylic acids is 2. The Kier molecular flexibility index (Phi) is 7.26. The summed E-state index contributed by atoms with van der Waals surface area (Å²) >= 11 is 0. The number of hydrogen-bond acceptors (Lipinski definition) is 6. The van der Waals surface area contributed by atoms with Crippen molar-refractivity contribution < 1.29 is 32.6 Å². The third-order valence-electron chi connectivity index (χ3n) is 9.93. The van der Waals surface area contributed by atoms with E-state index in [-0.39, 0.29) is 52.5 Å². The first-order valence-corrected chi connectivity index (χ1v) is 15.4. The number of fused-ring (bicyclic) bond motifs is 1. The summed E-state index contributed by atoms with van der Waals surface area (Å²) in [6, 6.07) is 16.8. The molecule has 0 unspecified atom stereocenters. The maximum Gasteiger partial charge on any atom is 0.433 e. The molecule has 2 heterocycles. The highest BCUT2D eigenvalue weighted by molar-refractivity contribution is 5.95. The lowest BCUT2D eigenvalue weighted by Crippen LogP contribution is -2.61. The van der Waals surface area contributed by atoms with Gasteiger partial charge in [0, 0.05) is 29.3 Å². The number of halogens is 3. The fourth-order valence-corrected chi connectivity index (χ4v) is 8.20. The van der Waals surface area contributed by atoms with E-state index in [1.54, 1.807) is 54.6 Å². The fourth-order valence-electron chi connectivity index (χ4n) is 8.20. The predicted molar refractivity (Wildman–Crippen MR) is 163 cm³/mol. The van der Waals surface area contributed by atoms with E-state index in [9.17, 15) is 32.7 Å². The van der Waals surface area contributed by atoms with E-state index in [1.807, 2.05) is 0 Å². The summed E-state index contributed by atoms with van der Waals surface area (Å²) < 4.78 is 47.3. The zero-order valence-electron chi connectivity index (χ0n) is 25.0. The molecule has 2 aromatic heterocycles. The van der Waals surface area contributed by atoms with Crippen LogP contribution in [-0.2, 0) is 17.3 Å². The number of alkyl halides is 3. The zero-order chi connectivity index (χ0) is 32.4. The molecule has 11 heteroatoms. The number of aromatic nitrogens is 2. The molecule has 4 aliphatic carbocycles. The standard InChI is InChI=1S/C35H32F3N3O5/c1-46-33(44)29-26(30(42)25-11-12-27(35(36,37)38)39-31(25)41(29)24-5-3-2-4-6-24)15-19-7-9-21(10-8-19)32(43)40-28-22-13-20-14-23(28)18-34(45,16-20)17-22/h2-12,20,22-23,28,45H,13-18H2,1H3,(H,40,43)/t20-,22-,23+,28-,34-. The first kappa shape index (κ1) is 30.2. The van der Waals surface area contributed by atoms with Gasteiger partial charge in [0.1, 0.15) is 17.0 Å². The Labute approximate surface area is 262 Å². The smallest absolute Gasteiger partial charge is 0.433 e. The van der Waals surface area contributed by atoms with Crippen LogP contribution in [0.2, 0.25) is 0 Å². The van der Waals surface area contributed by atoms with Crippen LogP contribution in [0, 0.1) is 17.8 Å². The van der Waals surface area contributed by atoms with Crippen molar-refractivity contribution in [2.75, 3.05) is 7.11 Å². The van der Waals surface area contributed by atoms with Gasteiger partial charge in [-0.05, 0) is 91.8 Å². The van der Waals surface area contributed by atoms with Crippen molar-refractivity contribution >= 4 is 22.9 Å². The minimum Gasteiger partial charge on any atom is -0.464 e. The Hall–Kier alpha value is -4.51. The molecule has 4 fully saturated rings. The Morgan fingerprint density at radius 3 is 2.28 bits per heavy atom. The second kappa shape index (κ2) is 11.1. The van der Waals surface area contributed by atoms with Crippen LogP contribution in [0.25, 0.3) is 16.7 Å². The second-order valence-corrected chi connectivity index (χ2v) is 13.0. The van der Waals surface area contributed by atoms with E-state index < -0.39 is 28.9 Å². The summed E-state index contributed by atoms with van der Waals surface area (Å²) in [5, 5.41) is 14.0. The van der Waals surface area contributed by atoms with E-state index in [4.69, 9.17) is 4.74 Å². The Morgan fingerprint density at radius 1 is 1.00 bits per heavy atom. The van der Waals surface area contributed by atoms with Crippen molar-refractivity contribution in [2.45, 2.75) is 56.3 Å². The molecule has 4 saturated carbocycles. The fraction of sp³-hybridized carbons (Fsp3) is 0.371. The van der Waals surface area contributed by atoms with Crippen LogP contribution < -0.4 is 10.7 Å². The van der Waals surface area contributed by atoms with Gasteiger partial charge in [0.05, 0.1) is 18.1 Å². The van der Waals surface area contributed by atoms with E-state index in [0.29, 0.717) is 35.6 Å². The van der Waals surface area contributed by atoms with Gasteiger partial charge in [0.2, 0.25) is 0 Å². The third kappa shape index (κ3) is 5.26. The number of nitrogens with zero attached hydrogens (tertiary/aromatic N) is 2. The Morgan fingerprint density at radius 2 is 1.67 bits per heavy atom. The van der Waals surface area contributed by atoms with Crippen LogP contribution in [-0.4, -0.2) is 45.3 Å². The quantitative estimate of drug-likeness (QED) is 0.274. The average Bonchev–Trinajstić information content (AvgIpc) is 3.02. The molecule has 8 rings (SSSR count). The van der Waals surface area contributed by atoms with Crippen LogP contribution in [0.15, 0.2) is 71.5 Å². The molecule has 0 radical (unpaired) electrons. The van der Waals surface area contributed by atoms with Crippen molar-refractivity contribution in [3.8, 4) is 5.69 Å².